The molecule has 11 heavy (non-hydrogen) atoms. The SMILES string of the molecule is CCCOC(=O)/C=C(/C)NC. The Labute approximate surface area is 67.4 Å². The van der Waals surface area contributed by atoms with Crippen molar-refractivity contribution >= 4 is 5.97 Å². The van der Waals surface area contributed by atoms with E-state index in [4.69, 9.17) is 4.74 Å². The summed E-state index contributed by atoms with van der Waals surface area (Å²) in [6.45, 7) is 4.27. The molecule has 64 valence electrons. The molecule has 0 bridgehead atoms. The van der Waals surface area contributed by atoms with E-state index in [1.807, 2.05) is 13.8 Å². The number of ether oxygens (including phenoxy) is 1. The van der Waals surface area contributed by atoms with E-state index in [0.29, 0.717) is 6.61 Å². The first-order chi connectivity index (χ1) is 5.20. The number of carbonyl (C=O) groups excluding carboxylic acids is 1. The van der Waals surface area contributed by atoms with Gasteiger partial charge in [-0.25, -0.2) is 4.79 Å². The highest BCUT2D eigenvalue weighted by Gasteiger charge is 1.95. The van der Waals surface area contributed by atoms with Crippen LogP contribution < -0.4 is 5.32 Å². The van der Waals surface area contributed by atoms with Crippen LogP contribution in [0.3, 0.4) is 0 Å². The lowest BCUT2D eigenvalue weighted by molar-refractivity contribution is -0.137. The molecule has 0 saturated carbocycles. The van der Waals surface area contributed by atoms with Crippen molar-refractivity contribution in [3.05, 3.63) is 11.8 Å². The Balaban J connectivity index is 3.67. The summed E-state index contributed by atoms with van der Waals surface area (Å²) in [7, 11) is 1.76. The van der Waals surface area contributed by atoms with E-state index in [0.717, 1.165) is 12.1 Å². The number of hydrogen-bond donors (Lipinski definition) is 1. The lowest BCUT2D eigenvalue weighted by atomic mass is 10.4. The lowest BCUT2D eigenvalue weighted by Gasteiger charge is -2.00. The topological polar surface area (TPSA) is 38.3 Å². The van der Waals surface area contributed by atoms with Crippen LogP contribution in [0.4, 0.5) is 0 Å². The van der Waals surface area contributed by atoms with Crippen molar-refractivity contribution in [3.8, 4) is 0 Å². The van der Waals surface area contributed by atoms with Crippen molar-refractivity contribution in [3.63, 3.8) is 0 Å². The minimum atomic E-state index is -0.279. The van der Waals surface area contributed by atoms with Crippen LogP contribution in [0.1, 0.15) is 20.3 Å². The molecule has 0 unspecified atom stereocenters. The molecule has 0 saturated heterocycles. The molecule has 0 aromatic carbocycles. The zero-order valence-electron chi connectivity index (χ0n) is 7.31. The monoisotopic (exact) mass is 157 g/mol. The quantitative estimate of drug-likeness (QED) is 0.490. The van der Waals surface area contributed by atoms with Gasteiger partial charge in [0.15, 0.2) is 0 Å². The predicted molar refractivity (Wildman–Crippen MR) is 44.1 cm³/mol. The molecule has 0 aliphatic rings. The summed E-state index contributed by atoms with van der Waals surface area (Å²) >= 11 is 0. The summed E-state index contributed by atoms with van der Waals surface area (Å²) in [6, 6.07) is 0. The molecule has 0 spiro atoms. The maximum atomic E-state index is 10.8. The average Bonchev–Trinajstić information content (AvgIpc) is 2.00. The summed E-state index contributed by atoms with van der Waals surface area (Å²) in [5, 5.41) is 2.83. The molecule has 0 aliphatic carbocycles. The number of nitrogens with one attached hydrogen (secondary N) is 1. The molecule has 1 N–H and O–H groups in total. The zero-order chi connectivity index (χ0) is 8.69. The fraction of sp³-hybridized carbons (Fsp3) is 0.625. The second-order valence-electron chi connectivity index (χ2n) is 2.24. The summed E-state index contributed by atoms with van der Waals surface area (Å²) in [5.41, 5.74) is 0.811. The minimum Gasteiger partial charge on any atom is -0.462 e. The summed E-state index contributed by atoms with van der Waals surface area (Å²) in [6.07, 6.45) is 2.30. The first-order valence-corrected chi connectivity index (χ1v) is 3.73. The standard InChI is InChI=1S/C8H15NO2/c1-4-5-11-8(10)6-7(2)9-3/h6,9H,4-5H2,1-3H3/b7-6-. The highest BCUT2D eigenvalue weighted by atomic mass is 16.5. The van der Waals surface area contributed by atoms with Gasteiger partial charge in [0, 0.05) is 18.8 Å². The van der Waals surface area contributed by atoms with Crippen LogP contribution in [0.15, 0.2) is 11.8 Å². The number of esters is 1. The number of hydrogen-bond acceptors (Lipinski definition) is 3. The van der Waals surface area contributed by atoms with Crippen molar-refractivity contribution in [2.45, 2.75) is 20.3 Å². The van der Waals surface area contributed by atoms with Crippen LogP contribution in [0.5, 0.6) is 0 Å². The second kappa shape index (κ2) is 5.77. The summed E-state index contributed by atoms with van der Waals surface area (Å²) < 4.78 is 4.81. The Hall–Kier alpha value is -0.990. The zero-order valence-corrected chi connectivity index (χ0v) is 7.31. The van der Waals surface area contributed by atoms with Gasteiger partial charge in [-0.1, -0.05) is 6.92 Å². The molecule has 3 nitrogen and oxygen atoms in total. The Morgan fingerprint density at radius 2 is 2.27 bits per heavy atom. The van der Waals surface area contributed by atoms with Crippen LogP contribution in [0.2, 0.25) is 0 Å². The third-order valence-electron chi connectivity index (χ3n) is 1.18. The Bertz CT molecular complexity index is 152. The molecular formula is C8H15NO2. The highest BCUT2D eigenvalue weighted by Crippen LogP contribution is 1.88. The van der Waals surface area contributed by atoms with Gasteiger partial charge in [-0.2, -0.15) is 0 Å². The molecule has 0 fully saturated rings. The predicted octanol–water partition coefficient (Wildman–Crippen LogP) is 1.06. The van der Waals surface area contributed by atoms with E-state index in [2.05, 4.69) is 5.32 Å². The molecule has 0 heterocycles. The Kier molecular flexibility index (Phi) is 5.25. The molecule has 0 aromatic heterocycles. The number of rotatable bonds is 4. The van der Waals surface area contributed by atoms with E-state index < -0.39 is 0 Å². The van der Waals surface area contributed by atoms with Crippen LogP contribution >= 0.6 is 0 Å². The van der Waals surface area contributed by atoms with Gasteiger partial charge in [-0.05, 0) is 13.3 Å². The van der Waals surface area contributed by atoms with Gasteiger partial charge in [0.25, 0.3) is 0 Å². The molecule has 0 radical (unpaired) electrons. The first-order valence-electron chi connectivity index (χ1n) is 3.73. The van der Waals surface area contributed by atoms with Crippen molar-refractivity contribution in [2.75, 3.05) is 13.7 Å². The van der Waals surface area contributed by atoms with Gasteiger partial charge in [0.2, 0.25) is 0 Å². The van der Waals surface area contributed by atoms with E-state index in [1.165, 1.54) is 6.08 Å². The van der Waals surface area contributed by atoms with Crippen molar-refractivity contribution < 1.29 is 9.53 Å². The maximum absolute atomic E-state index is 10.8. The Morgan fingerprint density at radius 3 is 2.73 bits per heavy atom. The van der Waals surface area contributed by atoms with Gasteiger partial charge in [-0.3, -0.25) is 0 Å². The minimum absolute atomic E-state index is 0.279. The largest absolute Gasteiger partial charge is 0.462 e. The third kappa shape index (κ3) is 5.45. The van der Waals surface area contributed by atoms with Gasteiger partial charge in [0.1, 0.15) is 0 Å². The Morgan fingerprint density at radius 1 is 1.64 bits per heavy atom. The van der Waals surface area contributed by atoms with E-state index in [9.17, 15) is 4.79 Å². The summed E-state index contributed by atoms with van der Waals surface area (Å²) in [4.78, 5) is 10.8. The van der Waals surface area contributed by atoms with Gasteiger partial charge < -0.3 is 10.1 Å². The van der Waals surface area contributed by atoms with Crippen molar-refractivity contribution in [2.24, 2.45) is 0 Å². The smallest absolute Gasteiger partial charge is 0.332 e. The van der Waals surface area contributed by atoms with Crippen LogP contribution in [-0.2, 0) is 9.53 Å². The van der Waals surface area contributed by atoms with E-state index in [-0.39, 0.29) is 5.97 Å². The molecular weight excluding hydrogens is 142 g/mol. The van der Waals surface area contributed by atoms with E-state index in [1.54, 1.807) is 7.05 Å². The molecule has 0 amide bonds. The number of carbonyl (C=O) groups is 1. The molecule has 0 aliphatic heterocycles. The summed E-state index contributed by atoms with van der Waals surface area (Å²) in [5.74, 6) is -0.279. The molecule has 0 aromatic rings. The van der Waals surface area contributed by atoms with Crippen molar-refractivity contribution in [1.82, 2.24) is 5.32 Å². The van der Waals surface area contributed by atoms with Gasteiger partial charge >= 0.3 is 5.97 Å². The first kappa shape index (κ1) is 10.0. The normalized spacial score (nSPS) is 11.0. The van der Waals surface area contributed by atoms with Crippen LogP contribution in [-0.4, -0.2) is 19.6 Å². The maximum Gasteiger partial charge on any atom is 0.332 e. The molecule has 3 heteroatoms. The third-order valence-corrected chi connectivity index (χ3v) is 1.18. The van der Waals surface area contributed by atoms with E-state index >= 15 is 0 Å². The van der Waals surface area contributed by atoms with Crippen LogP contribution in [0, 0.1) is 0 Å². The van der Waals surface area contributed by atoms with Gasteiger partial charge in [-0.15, -0.1) is 0 Å². The van der Waals surface area contributed by atoms with Gasteiger partial charge in [0.05, 0.1) is 6.61 Å². The average molecular weight is 157 g/mol. The lowest BCUT2D eigenvalue weighted by Crippen LogP contribution is -2.07. The highest BCUT2D eigenvalue weighted by molar-refractivity contribution is 5.82. The molecule has 0 atom stereocenters. The number of allylic oxidation sites excluding steroid dienone is 1. The fourth-order valence-corrected chi connectivity index (χ4v) is 0.493. The van der Waals surface area contributed by atoms with Crippen LogP contribution in [0.25, 0.3) is 0 Å². The second-order valence-corrected chi connectivity index (χ2v) is 2.24. The van der Waals surface area contributed by atoms with Crippen molar-refractivity contribution in [1.29, 1.82) is 0 Å². The molecule has 0 rings (SSSR count). The fourth-order valence-electron chi connectivity index (χ4n) is 0.493.